The van der Waals surface area contributed by atoms with Gasteiger partial charge in [-0.05, 0) is 38.2 Å². The summed E-state index contributed by atoms with van der Waals surface area (Å²) in [6.45, 7) is 6.67. The summed E-state index contributed by atoms with van der Waals surface area (Å²) in [4.78, 5) is 18.6. The first-order valence-electron chi connectivity index (χ1n) is 7.23. The van der Waals surface area contributed by atoms with Crippen molar-refractivity contribution < 1.29 is 4.79 Å². The first-order valence-corrected chi connectivity index (χ1v) is 7.23. The molecular weight excluding hydrogens is 238 g/mol. The van der Waals surface area contributed by atoms with Crippen molar-refractivity contribution in [3.05, 3.63) is 24.0 Å². The van der Waals surface area contributed by atoms with E-state index >= 15 is 0 Å². The molecule has 19 heavy (non-hydrogen) atoms. The highest BCUT2D eigenvalue weighted by Crippen LogP contribution is 2.30. The number of anilines is 1. The maximum absolute atomic E-state index is 12.6. The number of hydrogen-bond acceptors (Lipinski definition) is 3. The topological polar surface area (TPSA) is 45.2 Å². The molecule has 0 saturated heterocycles. The molecule has 1 aromatic rings. The van der Waals surface area contributed by atoms with Gasteiger partial charge in [0.05, 0.1) is 17.4 Å². The summed E-state index contributed by atoms with van der Waals surface area (Å²) in [5.41, 5.74) is 1.59. The number of nitrogens with one attached hydrogen (secondary N) is 1. The van der Waals surface area contributed by atoms with Gasteiger partial charge in [0, 0.05) is 25.8 Å². The van der Waals surface area contributed by atoms with Gasteiger partial charge < -0.3 is 10.2 Å². The quantitative estimate of drug-likeness (QED) is 0.821. The zero-order valence-electron chi connectivity index (χ0n) is 11.9. The van der Waals surface area contributed by atoms with Crippen molar-refractivity contribution in [2.45, 2.75) is 33.1 Å². The predicted molar refractivity (Wildman–Crippen MR) is 77.3 cm³/mol. The third kappa shape index (κ3) is 3.69. The molecule has 1 aromatic heterocycles. The maximum atomic E-state index is 12.6. The van der Waals surface area contributed by atoms with E-state index in [2.05, 4.69) is 17.2 Å². The molecule has 1 heterocycles. The van der Waals surface area contributed by atoms with Crippen LogP contribution in [0.2, 0.25) is 0 Å². The molecule has 0 atom stereocenters. The Hall–Kier alpha value is -1.58. The number of nitrogens with zero attached hydrogens (tertiary/aromatic N) is 2. The first kappa shape index (κ1) is 13.8. The summed E-state index contributed by atoms with van der Waals surface area (Å²) in [6, 6.07) is 1.82. The Bertz CT molecular complexity index is 429. The van der Waals surface area contributed by atoms with E-state index in [9.17, 15) is 4.79 Å². The van der Waals surface area contributed by atoms with Crippen LogP contribution < -0.4 is 5.32 Å². The molecule has 1 saturated carbocycles. The minimum Gasteiger partial charge on any atom is -0.383 e. The van der Waals surface area contributed by atoms with Crippen LogP contribution in [0.15, 0.2) is 18.5 Å². The van der Waals surface area contributed by atoms with Gasteiger partial charge in [0.25, 0.3) is 5.91 Å². The van der Waals surface area contributed by atoms with Crippen molar-refractivity contribution in [1.29, 1.82) is 0 Å². The van der Waals surface area contributed by atoms with Crippen molar-refractivity contribution in [3.8, 4) is 0 Å². The Labute approximate surface area is 115 Å². The van der Waals surface area contributed by atoms with E-state index in [1.807, 2.05) is 17.9 Å². The highest BCUT2D eigenvalue weighted by molar-refractivity contribution is 5.99. The number of hydrogen-bond donors (Lipinski definition) is 1. The third-order valence-corrected chi connectivity index (χ3v) is 3.46. The van der Waals surface area contributed by atoms with Crippen molar-refractivity contribution in [2.24, 2.45) is 5.92 Å². The van der Waals surface area contributed by atoms with Crippen molar-refractivity contribution in [3.63, 3.8) is 0 Å². The zero-order valence-corrected chi connectivity index (χ0v) is 11.9. The lowest BCUT2D eigenvalue weighted by Gasteiger charge is -2.22. The monoisotopic (exact) mass is 261 g/mol. The average Bonchev–Trinajstić information content (AvgIpc) is 3.26. The Morgan fingerprint density at radius 1 is 1.47 bits per heavy atom. The van der Waals surface area contributed by atoms with Crippen LogP contribution in [-0.4, -0.2) is 35.4 Å². The van der Waals surface area contributed by atoms with Crippen LogP contribution in [0.4, 0.5) is 5.69 Å². The van der Waals surface area contributed by atoms with Gasteiger partial charge >= 0.3 is 0 Å². The second-order valence-electron chi connectivity index (χ2n) is 5.14. The van der Waals surface area contributed by atoms with Crippen LogP contribution in [0.1, 0.15) is 43.5 Å². The second-order valence-corrected chi connectivity index (χ2v) is 5.14. The van der Waals surface area contributed by atoms with Gasteiger partial charge in [-0.2, -0.15) is 0 Å². The zero-order chi connectivity index (χ0) is 13.7. The fourth-order valence-corrected chi connectivity index (χ4v) is 2.12. The fraction of sp³-hybridized carbons (Fsp3) is 0.600. The van der Waals surface area contributed by atoms with Gasteiger partial charge in [0.15, 0.2) is 0 Å². The number of aromatic nitrogens is 1. The second kappa shape index (κ2) is 6.55. The Morgan fingerprint density at radius 3 is 2.89 bits per heavy atom. The molecule has 104 valence electrons. The minimum atomic E-state index is 0.121. The summed E-state index contributed by atoms with van der Waals surface area (Å²) >= 11 is 0. The number of carbonyl (C=O) groups excluding carboxylic acids is 1. The summed E-state index contributed by atoms with van der Waals surface area (Å²) in [5, 5.41) is 3.28. The summed E-state index contributed by atoms with van der Waals surface area (Å²) in [7, 11) is 0. The molecule has 1 aliphatic rings. The summed E-state index contributed by atoms with van der Waals surface area (Å²) < 4.78 is 0. The molecule has 0 aliphatic heterocycles. The molecule has 1 N–H and O–H groups in total. The summed E-state index contributed by atoms with van der Waals surface area (Å²) in [5.74, 6) is 0.841. The van der Waals surface area contributed by atoms with Gasteiger partial charge in [-0.25, -0.2) is 0 Å². The van der Waals surface area contributed by atoms with E-state index in [1.165, 1.54) is 12.8 Å². The molecule has 0 bridgehead atoms. The third-order valence-electron chi connectivity index (χ3n) is 3.46. The smallest absolute Gasteiger partial charge is 0.256 e. The lowest BCUT2D eigenvalue weighted by molar-refractivity contribution is 0.0757. The molecule has 1 fully saturated rings. The molecule has 0 aromatic carbocycles. The number of rotatable bonds is 7. The maximum Gasteiger partial charge on any atom is 0.256 e. The molecule has 1 aliphatic carbocycles. The Kier molecular flexibility index (Phi) is 4.77. The molecule has 4 heteroatoms. The van der Waals surface area contributed by atoms with Crippen LogP contribution in [0.5, 0.6) is 0 Å². The Balaban J connectivity index is 2.11. The van der Waals surface area contributed by atoms with Crippen LogP contribution in [0.3, 0.4) is 0 Å². The van der Waals surface area contributed by atoms with Crippen LogP contribution in [-0.2, 0) is 0 Å². The summed E-state index contributed by atoms with van der Waals surface area (Å²) in [6.07, 6.45) is 6.99. The van der Waals surface area contributed by atoms with E-state index in [4.69, 9.17) is 0 Å². The van der Waals surface area contributed by atoms with Gasteiger partial charge in [0.1, 0.15) is 0 Å². The standard InChI is InChI=1S/C15H23N3O/c1-3-8-17-14-10-16-9-7-13(14)15(19)18(4-2)11-12-5-6-12/h7,9-10,12,17H,3-6,8,11H2,1-2H3. The molecule has 0 unspecified atom stereocenters. The van der Waals surface area contributed by atoms with Crippen molar-refractivity contribution in [2.75, 3.05) is 25.0 Å². The highest BCUT2D eigenvalue weighted by atomic mass is 16.2. The lowest BCUT2D eigenvalue weighted by atomic mass is 10.2. The molecule has 4 nitrogen and oxygen atoms in total. The van der Waals surface area contributed by atoms with Gasteiger partial charge in [-0.3, -0.25) is 9.78 Å². The largest absolute Gasteiger partial charge is 0.383 e. The van der Waals surface area contributed by atoms with E-state index in [1.54, 1.807) is 12.4 Å². The SMILES string of the molecule is CCCNc1cnccc1C(=O)N(CC)CC1CC1. The van der Waals surface area contributed by atoms with Gasteiger partial charge in [-0.1, -0.05) is 6.92 Å². The highest BCUT2D eigenvalue weighted by Gasteiger charge is 2.27. The van der Waals surface area contributed by atoms with E-state index < -0.39 is 0 Å². The van der Waals surface area contributed by atoms with Gasteiger partial charge in [0.2, 0.25) is 0 Å². The number of carbonyl (C=O) groups is 1. The number of amides is 1. The van der Waals surface area contributed by atoms with E-state index in [-0.39, 0.29) is 5.91 Å². The molecule has 0 radical (unpaired) electrons. The first-order chi connectivity index (χ1) is 9.26. The molecule has 0 spiro atoms. The van der Waals surface area contributed by atoms with E-state index in [0.29, 0.717) is 0 Å². The van der Waals surface area contributed by atoms with Crippen LogP contribution >= 0.6 is 0 Å². The van der Waals surface area contributed by atoms with E-state index in [0.717, 1.165) is 43.2 Å². The predicted octanol–water partition coefficient (Wildman–Crippen LogP) is 2.78. The van der Waals surface area contributed by atoms with Crippen molar-refractivity contribution >= 4 is 11.6 Å². The van der Waals surface area contributed by atoms with Gasteiger partial charge in [-0.15, -0.1) is 0 Å². The average molecular weight is 261 g/mol. The molecule has 2 rings (SSSR count). The number of pyridine rings is 1. The normalized spacial score (nSPS) is 14.2. The molecular formula is C15H23N3O. The Morgan fingerprint density at radius 2 is 2.26 bits per heavy atom. The fourth-order valence-electron chi connectivity index (χ4n) is 2.12. The van der Waals surface area contributed by atoms with Crippen LogP contribution in [0.25, 0.3) is 0 Å². The van der Waals surface area contributed by atoms with Crippen molar-refractivity contribution in [1.82, 2.24) is 9.88 Å². The lowest BCUT2D eigenvalue weighted by Crippen LogP contribution is -2.33. The molecule has 1 amide bonds. The van der Waals surface area contributed by atoms with Crippen LogP contribution in [0, 0.1) is 5.92 Å². The minimum absolute atomic E-state index is 0.121.